The molecule has 15 heavy (non-hydrogen) atoms. The lowest BCUT2D eigenvalue weighted by Gasteiger charge is -1.87. The minimum Gasteiger partial charge on any atom is -0.452 e. The first kappa shape index (κ1) is 12.7. The summed E-state index contributed by atoms with van der Waals surface area (Å²) in [4.78, 5) is 32.1. The summed E-state index contributed by atoms with van der Waals surface area (Å²) < 4.78 is 4.47. The van der Waals surface area contributed by atoms with Crippen LogP contribution in [0, 0.1) is 0 Å². The first-order chi connectivity index (χ1) is 7.29. The van der Waals surface area contributed by atoms with Crippen molar-refractivity contribution in [3.05, 3.63) is 43.2 Å². The highest BCUT2D eigenvalue weighted by atomic mass is 16.3. The number of hydrogen-bond acceptors (Lipinski definition) is 5. The lowest BCUT2D eigenvalue weighted by Crippen LogP contribution is -1.97. The predicted molar refractivity (Wildman–Crippen MR) is 51.9 cm³/mol. The van der Waals surface area contributed by atoms with E-state index in [0.29, 0.717) is 0 Å². The summed E-state index contributed by atoms with van der Waals surface area (Å²) in [5, 5.41) is 0. The average molecular weight is 207 g/mol. The topological polar surface area (TPSA) is 77.2 Å². The van der Waals surface area contributed by atoms with Gasteiger partial charge in [0.05, 0.1) is 6.20 Å². The van der Waals surface area contributed by atoms with Crippen LogP contribution in [0.4, 0.5) is 0 Å². The van der Waals surface area contributed by atoms with E-state index in [2.05, 4.69) is 9.40 Å². The van der Waals surface area contributed by atoms with Crippen LogP contribution in [-0.4, -0.2) is 23.3 Å². The molecule has 5 nitrogen and oxygen atoms in total. The van der Waals surface area contributed by atoms with E-state index in [4.69, 9.17) is 4.79 Å². The van der Waals surface area contributed by atoms with Crippen LogP contribution in [-0.2, 0) is 14.4 Å². The van der Waals surface area contributed by atoms with Crippen molar-refractivity contribution in [3.8, 4) is 0 Å². The van der Waals surface area contributed by atoms with Crippen LogP contribution >= 0.6 is 0 Å². The zero-order valence-corrected chi connectivity index (χ0v) is 7.83. The number of hydrogen-bond donors (Lipinski definition) is 0. The van der Waals surface area contributed by atoms with Gasteiger partial charge in [0, 0.05) is 0 Å². The zero-order valence-electron chi connectivity index (χ0n) is 7.83. The molecular formula is C10H9NO4. The summed E-state index contributed by atoms with van der Waals surface area (Å²) in [6.07, 6.45) is 9.48. The molecule has 0 fully saturated rings. The molecule has 0 aromatic carbocycles. The first-order valence-corrected chi connectivity index (χ1v) is 3.84. The van der Waals surface area contributed by atoms with Gasteiger partial charge in [-0.15, -0.1) is 0 Å². The van der Waals surface area contributed by atoms with E-state index in [1.54, 1.807) is 6.20 Å². The summed E-state index contributed by atoms with van der Waals surface area (Å²) in [5.41, 5.74) is 0. The third-order valence-corrected chi connectivity index (χ3v) is 1.17. The van der Waals surface area contributed by atoms with Crippen LogP contribution in [0.3, 0.4) is 0 Å². The molecule has 1 aromatic heterocycles. The zero-order chi connectivity index (χ0) is 11.5. The van der Waals surface area contributed by atoms with Crippen molar-refractivity contribution >= 4 is 18.4 Å². The molecule has 0 radical (unpaired) electrons. The van der Waals surface area contributed by atoms with Crippen LogP contribution in [0.5, 0.6) is 0 Å². The van der Waals surface area contributed by atoms with Gasteiger partial charge in [-0.25, -0.2) is 4.98 Å². The SMILES string of the molecule is C=O.O=C1C=CC(=O)C=C1.c1cocn1. The van der Waals surface area contributed by atoms with Crippen LogP contribution in [0.2, 0.25) is 0 Å². The third kappa shape index (κ3) is 6.83. The fourth-order valence-corrected chi connectivity index (χ4v) is 0.615. The van der Waals surface area contributed by atoms with Crippen molar-refractivity contribution in [2.75, 3.05) is 0 Å². The van der Waals surface area contributed by atoms with Gasteiger partial charge < -0.3 is 9.21 Å². The molecule has 0 saturated carbocycles. The molecule has 1 heterocycles. The maximum absolute atomic E-state index is 10.3. The second-order valence-electron chi connectivity index (χ2n) is 2.15. The average Bonchev–Trinajstić information content (AvgIpc) is 2.84. The van der Waals surface area contributed by atoms with E-state index < -0.39 is 0 Å². The van der Waals surface area contributed by atoms with E-state index in [9.17, 15) is 9.59 Å². The minimum atomic E-state index is -0.121. The molecule has 1 aliphatic rings. The molecular weight excluding hydrogens is 198 g/mol. The van der Waals surface area contributed by atoms with Crippen molar-refractivity contribution in [3.63, 3.8) is 0 Å². The molecule has 0 bridgehead atoms. The van der Waals surface area contributed by atoms with E-state index in [0.717, 1.165) is 0 Å². The second kappa shape index (κ2) is 8.31. The third-order valence-electron chi connectivity index (χ3n) is 1.17. The Morgan fingerprint density at radius 1 is 1.00 bits per heavy atom. The summed E-state index contributed by atoms with van der Waals surface area (Å²) in [5.74, 6) is -0.241. The van der Waals surface area contributed by atoms with E-state index in [1.165, 1.54) is 37.0 Å². The van der Waals surface area contributed by atoms with E-state index in [-0.39, 0.29) is 11.6 Å². The van der Waals surface area contributed by atoms with Crippen molar-refractivity contribution in [2.45, 2.75) is 0 Å². The monoisotopic (exact) mass is 207 g/mol. The molecule has 0 N–H and O–H groups in total. The van der Waals surface area contributed by atoms with Crippen molar-refractivity contribution in [1.82, 2.24) is 4.98 Å². The number of rotatable bonds is 0. The van der Waals surface area contributed by atoms with Gasteiger partial charge in [0.25, 0.3) is 0 Å². The van der Waals surface area contributed by atoms with Gasteiger partial charge in [-0.3, -0.25) is 9.59 Å². The van der Waals surface area contributed by atoms with Crippen LogP contribution in [0.25, 0.3) is 0 Å². The van der Waals surface area contributed by atoms with Crippen molar-refractivity contribution in [1.29, 1.82) is 0 Å². The molecule has 1 aromatic rings. The van der Waals surface area contributed by atoms with Crippen LogP contribution in [0.1, 0.15) is 0 Å². The van der Waals surface area contributed by atoms with Gasteiger partial charge in [-0.2, -0.15) is 0 Å². The number of carbonyl (C=O) groups excluding carboxylic acids is 3. The van der Waals surface area contributed by atoms with Crippen molar-refractivity contribution in [2.24, 2.45) is 0 Å². The molecule has 0 atom stereocenters. The summed E-state index contributed by atoms with van der Waals surface area (Å²) >= 11 is 0. The van der Waals surface area contributed by atoms with Gasteiger partial charge in [0.1, 0.15) is 13.1 Å². The smallest absolute Gasteiger partial charge is 0.180 e. The van der Waals surface area contributed by atoms with Crippen LogP contribution in [0.15, 0.2) is 47.6 Å². The molecule has 0 saturated heterocycles. The number of ketones is 2. The molecule has 2 rings (SSSR count). The highest BCUT2D eigenvalue weighted by Gasteiger charge is 1.97. The van der Waals surface area contributed by atoms with Gasteiger partial charge in [0.15, 0.2) is 18.0 Å². The lowest BCUT2D eigenvalue weighted by atomic mass is 10.2. The van der Waals surface area contributed by atoms with Gasteiger partial charge in [-0.05, 0) is 24.3 Å². The van der Waals surface area contributed by atoms with Crippen LogP contribution < -0.4 is 0 Å². The summed E-state index contributed by atoms with van der Waals surface area (Å²) in [7, 11) is 0. The minimum absolute atomic E-state index is 0.121. The number of oxazole rings is 1. The second-order valence-corrected chi connectivity index (χ2v) is 2.15. The van der Waals surface area contributed by atoms with Crippen molar-refractivity contribution < 1.29 is 18.8 Å². The Labute approximate surface area is 86.1 Å². The Kier molecular flexibility index (Phi) is 7.03. The van der Waals surface area contributed by atoms with Gasteiger partial charge in [0.2, 0.25) is 0 Å². The Morgan fingerprint density at radius 2 is 1.47 bits per heavy atom. The number of allylic oxidation sites excluding steroid dienone is 4. The Balaban J connectivity index is 0.000000241. The standard InChI is InChI=1S/C6H4O2.C3H3NO.CH2O/c7-5-1-2-6(8)4-3-5;1-2-5-3-4-1;1-2/h1-4H;1-3H;1H2. The molecule has 0 spiro atoms. The highest BCUT2D eigenvalue weighted by molar-refractivity contribution is 6.14. The fourth-order valence-electron chi connectivity index (χ4n) is 0.615. The molecule has 0 aliphatic heterocycles. The summed E-state index contributed by atoms with van der Waals surface area (Å²) in [6, 6.07) is 0. The molecule has 0 unspecified atom stereocenters. The van der Waals surface area contributed by atoms with Gasteiger partial charge >= 0.3 is 0 Å². The fraction of sp³-hybridized carbons (Fsp3) is 0. The number of aromatic nitrogens is 1. The maximum atomic E-state index is 10.3. The van der Waals surface area contributed by atoms with Gasteiger partial charge in [-0.1, -0.05) is 0 Å². The lowest BCUT2D eigenvalue weighted by molar-refractivity contribution is -0.113. The molecule has 5 heteroatoms. The molecule has 0 amide bonds. The normalized spacial score (nSPS) is 12.3. The number of carbonyl (C=O) groups is 3. The van der Waals surface area contributed by atoms with E-state index >= 15 is 0 Å². The molecule has 78 valence electrons. The highest BCUT2D eigenvalue weighted by Crippen LogP contribution is 1.90. The number of nitrogens with zero attached hydrogens (tertiary/aromatic N) is 1. The Bertz CT molecular complexity index is 296. The van der Waals surface area contributed by atoms with E-state index in [1.807, 2.05) is 6.79 Å². The molecule has 1 aliphatic carbocycles. The Hall–Kier alpha value is -2.30. The quantitative estimate of drug-likeness (QED) is 0.586. The first-order valence-electron chi connectivity index (χ1n) is 3.84. The summed E-state index contributed by atoms with van der Waals surface area (Å²) in [6.45, 7) is 2.00. The Morgan fingerprint density at radius 3 is 1.67 bits per heavy atom. The maximum Gasteiger partial charge on any atom is 0.180 e. The largest absolute Gasteiger partial charge is 0.452 e. The predicted octanol–water partition coefficient (Wildman–Crippen LogP) is 0.740.